The fraction of sp³-hybridized carbons (Fsp3) is 0.118. The molecule has 0 aliphatic carbocycles. The Morgan fingerprint density at radius 2 is 1.73 bits per heavy atom. The van der Waals surface area contributed by atoms with Gasteiger partial charge in [-0.15, -0.1) is 0 Å². The van der Waals surface area contributed by atoms with Crippen LogP contribution in [0.15, 0.2) is 42.5 Å². The summed E-state index contributed by atoms with van der Waals surface area (Å²) in [5, 5.41) is 5.22. The van der Waals surface area contributed by atoms with Gasteiger partial charge >= 0.3 is 6.18 Å². The van der Waals surface area contributed by atoms with Crippen LogP contribution in [0.25, 0.3) is 11.0 Å². The molecule has 0 saturated heterocycles. The molecule has 9 heteroatoms. The van der Waals surface area contributed by atoms with E-state index in [1.807, 2.05) is 0 Å². The molecule has 0 unspecified atom stereocenters. The van der Waals surface area contributed by atoms with Crippen LogP contribution in [-0.2, 0) is 11.0 Å². The summed E-state index contributed by atoms with van der Waals surface area (Å²) in [6.45, 7) is 1.36. The molecule has 0 aliphatic rings. The number of nitrogens with one attached hydrogen (secondary N) is 3. The summed E-state index contributed by atoms with van der Waals surface area (Å²) in [4.78, 5) is 29.0. The summed E-state index contributed by atoms with van der Waals surface area (Å²) >= 11 is 0. The molecule has 2 amide bonds. The highest BCUT2D eigenvalue weighted by Gasteiger charge is 2.34. The molecule has 0 saturated carbocycles. The molecule has 3 N–H and O–H groups in total. The van der Waals surface area contributed by atoms with Crippen LogP contribution in [0.5, 0.6) is 0 Å². The third kappa shape index (κ3) is 3.82. The van der Waals surface area contributed by atoms with Crippen molar-refractivity contribution >= 4 is 34.2 Å². The van der Waals surface area contributed by atoms with Gasteiger partial charge in [-0.25, -0.2) is 4.98 Å². The number of H-pyrrole nitrogens is 1. The number of hydrogen-bond donors (Lipinski definition) is 3. The summed E-state index contributed by atoms with van der Waals surface area (Å²) in [5.41, 5.74) is 1.33. The fourth-order valence-electron chi connectivity index (χ4n) is 2.37. The molecule has 6 nitrogen and oxygen atoms in total. The van der Waals surface area contributed by atoms with Crippen molar-refractivity contribution in [3.8, 4) is 0 Å². The van der Waals surface area contributed by atoms with E-state index in [0.717, 1.165) is 0 Å². The minimum absolute atomic E-state index is 0.108. The lowest BCUT2D eigenvalue weighted by molar-refractivity contribution is -0.144. The number of carbonyl (C=O) groups is 2. The van der Waals surface area contributed by atoms with Gasteiger partial charge in [0.1, 0.15) is 0 Å². The topological polar surface area (TPSA) is 86.9 Å². The first-order valence-electron chi connectivity index (χ1n) is 7.48. The van der Waals surface area contributed by atoms with E-state index in [9.17, 15) is 22.8 Å². The van der Waals surface area contributed by atoms with Crippen LogP contribution in [-0.4, -0.2) is 21.8 Å². The minimum Gasteiger partial charge on any atom is -0.334 e. The highest BCUT2D eigenvalue weighted by atomic mass is 19.4. The zero-order valence-electron chi connectivity index (χ0n) is 13.4. The Morgan fingerprint density at radius 1 is 1.04 bits per heavy atom. The number of anilines is 2. The molecule has 0 fully saturated rings. The van der Waals surface area contributed by atoms with Crippen molar-refractivity contribution in [2.75, 3.05) is 10.6 Å². The number of aromatic amines is 1. The Hall–Kier alpha value is -3.36. The van der Waals surface area contributed by atoms with Crippen molar-refractivity contribution in [2.45, 2.75) is 13.1 Å². The van der Waals surface area contributed by atoms with Gasteiger partial charge in [-0.3, -0.25) is 9.59 Å². The van der Waals surface area contributed by atoms with Gasteiger partial charge in [0.25, 0.3) is 5.91 Å². The second-order valence-electron chi connectivity index (χ2n) is 5.53. The molecule has 26 heavy (non-hydrogen) atoms. The standard InChI is InChI=1S/C17H13F3N4O2/c1-9(25)21-11-3-2-4-12(8-11)22-15(26)10-5-6-13-14(7-10)24-16(23-13)17(18,19)20/h2-8H,1H3,(H,21,25)(H,22,26)(H,23,24). The van der Waals surface area contributed by atoms with Crippen molar-refractivity contribution < 1.29 is 22.8 Å². The van der Waals surface area contributed by atoms with Gasteiger partial charge in [0.2, 0.25) is 11.7 Å². The number of imidazole rings is 1. The molecule has 3 aromatic rings. The third-order valence-electron chi connectivity index (χ3n) is 3.45. The van der Waals surface area contributed by atoms with Crippen molar-refractivity contribution in [1.29, 1.82) is 0 Å². The first-order chi connectivity index (χ1) is 12.2. The number of hydrogen-bond acceptors (Lipinski definition) is 3. The van der Waals surface area contributed by atoms with Gasteiger partial charge in [0.15, 0.2) is 0 Å². The Kier molecular flexibility index (Phi) is 4.37. The number of amides is 2. The van der Waals surface area contributed by atoms with E-state index < -0.39 is 17.9 Å². The Balaban J connectivity index is 1.82. The molecule has 0 radical (unpaired) electrons. The van der Waals surface area contributed by atoms with Crippen LogP contribution < -0.4 is 10.6 Å². The van der Waals surface area contributed by atoms with E-state index in [-0.39, 0.29) is 22.5 Å². The highest BCUT2D eigenvalue weighted by Crippen LogP contribution is 2.28. The smallest absolute Gasteiger partial charge is 0.334 e. The van der Waals surface area contributed by atoms with Crippen LogP contribution in [0.3, 0.4) is 0 Å². The molecular formula is C17H13F3N4O2. The molecule has 0 aliphatic heterocycles. The second kappa shape index (κ2) is 6.51. The van der Waals surface area contributed by atoms with Crippen molar-refractivity contribution in [3.63, 3.8) is 0 Å². The van der Waals surface area contributed by atoms with E-state index in [0.29, 0.717) is 11.4 Å². The van der Waals surface area contributed by atoms with Crippen molar-refractivity contribution in [1.82, 2.24) is 9.97 Å². The number of nitrogens with zero attached hydrogens (tertiary/aromatic N) is 1. The minimum atomic E-state index is -4.59. The molecule has 2 aromatic carbocycles. The highest BCUT2D eigenvalue weighted by molar-refractivity contribution is 6.06. The van der Waals surface area contributed by atoms with Gasteiger partial charge in [-0.2, -0.15) is 13.2 Å². The molecular weight excluding hydrogens is 349 g/mol. The first-order valence-corrected chi connectivity index (χ1v) is 7.48. The van der Waals surface area contributed by atoms with Gasteiger partial charge < -0.3 is 15.6 Å². The van der Waals surface area contributed by atoms with E-state index >= 15 is 0 Å². The normalized spacial score (nSPS) is 11.4. The maximum absolute atomic E-state index is 12.7. The molecule has 1 aromatic heterocycles. The molecule has 1 heterocycles. The zero-order chi connectivity index (χ0) is 18.9. The van der Waals surface area contributed by atoms with E-state index in [1.165, 1.54) is 25.1 Å². The number of rotatable bonds is 3. The summed E-state index contributed by atoms with van der Waals surface area (Å²) in [7, 11) is 0. The number of alkyl halides is 3. The lowest BCUT2D eigenvalue weighted by Crippen LogP contribution is -2.12. The predicted octanol–water partition coefficient (Wildman–Crippen LogP) is 3.79. The number of halogens is 3. The van der Waals surface area contributed by atoms with Crippen LogP contribution in [0.4, 0.5) is 24.5 Å². The van der Waals surface area contributed by atoms with E-state index in [1.54, 1.807) is 24.3 Å². The third-order valence-corrected chi connectivity index (χ3v) is 3.45. The average molecular weight is 362 g/mol. The largest absolute Gasteiger partial charge is 0.449 e. The summed E-state index contributed by atoms with van der Waals surface area (Å²) in [6.07, 6.45) is -4.59. The van der Waals surface area contributed by atoms with Gasteiger partial charge in [0.05, 0.1) is 11.0 Å². The first kappa shape index (κ1) is 17.5. The number of carbonyl (C=O) groups excluding carboxylic acids is 2. The maximum Gasteiger partial charge on any atom is 0.449 e. The molecule has 134 valence electrons. The van der Waals surface area contributed by atoms with Crippen LogP contribution >= 0.6 is 0 Å². The van der Waals surface area contributed by atoms with Crippen molar-refractivity contribution in [3.05, 3.63) is 53.9 Å². The average Bonchev–Trinajstić information content (AvgIpc) is 2.98. The fourth-order valence-corrected chi connectivity index (χ4v) is 2.37. The number of benzene rings is 2. The second-order valence-corrected chi connectivity index (χ2v) is 5.53. The number of fused-ring (bicyclic) bond motifs is 1. The quantitative estimate of drug-likeness (QED) is 0.662. The maximum atomic E-state index is 12.7. The van der Waals surface area contributed by atoms with E-state index in [4.69, 9.17) is 0 Å². The Morgan fingerprint density at radius 3 is 2.38 bits per heavy atom. The van der Waals surface area contributed by atoms with Gasteiger partial charge in [-0.05, 0) is 36.4 Å². The zero-order valence-corrected chi connectivity index (χ0v) is 13.4. The lowest BCUT2D eigenvalue weighted by atomic mass is 10.2. The molecule has 0 atom stereocenters. The molecule has 3 rings (SSSR count). The Labute approximate surface area is 145 Å². The lowest BCUT2D eigenvalue weighted by Gasteiger charge is -2.08. The van der Waals surface area contributed by atoms with Gasteiger partial charge in [-0.1, -0.05) is 6.07 Å². The number of aromatic nitrogens is 2. The monoisotopic (exact) mass is 362 g/mol. The van der Waals surface area contributed by atoms with Crippen molar-refractivity contribution in [2.24, 2.45) is 0 Å². The van der Waals surface area contributed by atoms with Crippen LogP contribution in [0, 0.1) is 0 Å². The molecule has 0 bridgehead atoms. The van der Waals surface area contributed by atoms with Gasteiger partial charge in [0, 0.05) is 23.9 Å². The summed E-state index contributed by atoms with van der Waals surface area (Å²) in [6, 6.07) is 10.5. The summed E-state index contributed by atoms with van der Waals surface area (Å²) < 4.78 is 38.1. The summed E-state index contributed by atoms with van der Waals surface area (Å²) in [5.74, 6) is -1.87. The Bertz CT molecular complexity index is 995. The molecule has 0 spiro atoms. The predicted molar refractivity (Wildman–Crippen MR) is 89.8 cm³/mol. The SMILES string of the molecule is CC(=O)Nc1cccc(NC(=O)c2ccc3nc(C(F)(F)F)[nH]c3c2)c1. The van der Waals surface area contributed by atoms with E-state index in [2.05, 4.69) is 20.6 Å². The van der Waals surface area contributed by atoms with Crippen LogP contribution in [0.2, 0.25) is 0 Å². The van der Waals surface area contributed by atoms with Crippen LogP contribution in [0.1, 0.15) is 23.1 Å².